The number of nitrogens with one attached hydrogen (secondary N) is 1. The normalized spacial score (nSPS) is 26.9. The molecule has 1 amide bonds. The van der Waals surface area contributed by atoms with Crippen molar-refractivity contribution < 1.29 is 4.79 Å². The molecule has 1 saturated carbocycles. The van der Waals surface area contributed by atoms with Crippen molar-refractivity contribution >= 4 is 5.91 Å². The second-order valence-corrected chi connectivity index (χ2v) is 5.41. The SMILES string of the molecule is CN1CCC(NC(=O)C2(N)CCCC2)CC1. The van der Waals surface area contributed by atoms with Crippen LogP contribution in [-0.4, -0.2) is 42.5 Å². The predicted molar refractivity (Wildman–Crippen MR) is 64.0 cm³/mol. The summed E-state index contributed by atoms with van der Waals surface area (Å²) in [6, 6.07) is 0.338. The molecule has 16 heavy (non-hydrogen) atoms. The van der Waals surface area contributed by atoms with E-state index in [1.165, 1.54) is 0 Å². The summed E-state index contributed by atoms with van der Waals surface area (Å²) in [7, 11) is 2.12. The number of carbonyl (C=O) groups is 1. The van der Waals surface area contributed by atoms with Crippen molar-refractivity contribution in [2.24, 2.45) is 5.73 Å². The highest BCUT2D eigenvalue weighted by Gasteiger charge is 2.37. The molecule has 1 aliphatic heterocycles. The van der Waals surface area contributed by atoms with Crippen LogP contribution in [0.1, 0.15) is 38.5 Å². The zero-order valence-corrected chi connectivity index (χ0v) is 10.2. The third-order valence-electron chi connectivity index (χ3n) is 4.00. The van der Waals surface area contributed by atoms with E-state index in [1.807, 2.05) is 0 Å². The van der Waals surface area contributed by atoms with Crippen molar-refractivity contribution in [1.29, 1.82) is 0 Å². The summed E-state index contributed by atoms with van der Waals surface area (Å²) >= 11 is 0. The first-order valence-corrected chi connectivity index (χ1v) is 6.38. The average molecular weight is 225 g/mol. The second-order valence-electron chi connectivity index (χ2n) is 5.41. The number of carbonyl (C=O) groups excluding carboxylic acids is 1. The topological polar surface area (TPSA) is 58.4 Å². The van der Waals surface area contributed by atoms with Crippen molar-refractivity contribution in [3.63, 3.8) is 0 Å². The standard InChI is InChI=1S/C12H23N3O/c1-15-8-4-10(5-9-15)14-11(16)12(13)6-2-3-7-12/h10H,2-9,13H2,1H3,(H,14,16). The molecule has 2 aliphatic rings. The van der Waals surface area contributed by atoms with E-state index in [4.69, 9.17) is 5.73 Å². The number of hydrogen-bond donors (Lipinski definition) is 2. The van der Waals surface area contributed by atoms with Gasteiger partial charge in [-0.1, -0.05) is 12.8 Å². The molecule has 92 valence electrons. The fourth-order valence-corrected chi connectivity index (χ4v) is 2.72. The van der Waals surface area contributed by atoms with Crippen molar-refractivity contribution in [3.8, 4) is 0 Å². The monoisotopic (exact) mass is 225 g/mol. The van der Waals surface area contributed by atoms with Gasteiger partial charge in [0.05, 0.1) is 5.54 Å². The first-order chi connectivity index (χ1) is 7.60. The van der Waals surface area contributed by atoms with Gasteiger partial charge in [0, 0.05) is 6.04 Å². The van der Waals surface area contributed by atoms with E-state index < -0.39 is 5.54 Å². The Balaban J connectivity index is 1.83. The second kappa shape index (κ2) is 4.72. The molecular weight excluding hydrogens is 202 g/mol. The van der Waals surface area contributed by atoms with Gasteiger partial charge in [0.2, 0.25) is 5.91 Å². The summed E-state index contributed by atoms with van der Waals surface area (Å²) in [5.41, 5.74) is 5.56. The number of nitrogens with zero attached hydrogens (tertiary/aromatic N) is 1. The summed E-state index contributed by atoms with van der Waals surface area (Å²) in [4.78, 5) is 14.4. The molecule has 0 unspecified atom stereocenters. The lowest BCUT2D eigenvalue weighted by molar-refractivity contribution is -0.127. The van der Waals surface area contributed by atoms with Gasteiger partial charge in [-0.05, 0) is 45.8 Å². The van der Waals surface area contributed by atoms with E-state index in [9.17, 15) is 4.79 Å². The van der Waals surface area contributed by atoms with Crippen molar-refractivity contribution in [3.05, 3.63) is 0 Å². The minimum absolute atomic E-state index is 0.0829. The van der Waals surface area contributed by atoms with Gasteiger partial charge in [0.1, 0.15) is 0 Å². The fraction of sp³-hybridized carbons (Fsp3) is 0.917. The molecule has 0 bridgehead atoms. The van der Waals surface area contributed by atoms with Crippen molar-refractivity contribution in [2.45, 2.75) is 50.1 Å². The average Bonchev–Trinajstić information content (AvgIpc) is 2.70. The van der Waals surface area contributed by atoms with Gasteiger partial charge >= 0.3 is 0 Å². The summed E-state index contributed by atoms with van der Waals surface area (Å²) < 4.78 is 0. The summed E-state index contributed by atoms with van der Waals surface area (Å²) in [6.45, 7) is 2.14. The fourth-order valence-electron chi connectivity index (χ4n) is 2.72. The summed E-state index contributed by atoms with van der Waals surface area (Å²) in [5, 5.41) is 3.13. The third-order valence-corrected chi connectivity index (χ3v) is 4.00. The predicted octanol–water partition coefficient (Wildman–Crippen LogP) is 0.468. The first-order valence-electron chi connectivity index (χ1n) is 6.38. The molecule has 0 aromatic heterocycles. The number of rotatable bonds is 2. The molecule has 1 aliphatic carbocycles. The maximum Gasteiger partial charge on any atom is 0.240 e. The molecule has 4 heteroatoms. The number of hydrogen-bond acceptors (Lipinski definition) is 3. The molecule has 4 nitrogen and oxygen atoms in total. The Morgan fingerprint density at radius 2 is 1.88 bits per heavy atom. The number of nitrogens with two attached hydrogens (primary N) is 1. The van der Waals surface area contributed by atoms with E-state index >= 15 is 0 Å². The molecule has 3 N–H and O–H groups in total. The molecular formula is C12H23N3O. The van der Waals surface area contributed by atoms with E-state index in [-0.39, 0.29) is 5.91 Å². The van der Waals surface area contributed by atoms with Gasteiger partial charge in [-0.3, -0.25) is 4.79 Å². The number of piperidine rings is 1. The van der Waals surface area contributed by atoms with Gasteiger partial charge in [0.25, 0.3) is 0 Å². The molecule has 2 rings (SSSR count). The van der Waals surface area contributed by atoms with Crippen LogP contribution < -0.4 is 11.1 Å². The van der Waals surface area contributed by atoms with Crippen LogP contribution in [0.3, 0.4) is 0 Å². The Morgan fingerprint density at radius 3 is 2.44 bits per heavy atom. The Kier molecular flexibility index (Phi) is 3.50. The zero-order valence-electron chi connectivity index (χ0n) is 10.2. The maximum absolute atomic E-state index is 12.1. The Hall–Kier alpha value is -0.610. The van der Waals surface area contributed by atoms with Crippen molar-refractivity contribution in [1.82, 2.24) is 10.2 Å². The summed E-state index contributed by atoms with van der Waals surface area (Å²) in [5.74, 6) is 0.0829. The Morgan fingerprint density at radius 1 is 1.31 bits per heavy atom. The highest BCUT2D eigenvalue weighted by atomic mass is 16.2. The molecule has 2 fully saturated rings. The van der Waals surface area contributed by atoms with Crippen LogP contribution in [-0.2, 0) is 4.79 Å². The molecule has 0 aromatic carbocycles. The van der Waals surface area contributed by atoms with E-state index in [0.29, 0.717) is 6.04 Å². The van der Waals surface area contributed by atoms with E-state index in [1.54, 1.807) is 0 Å². The molecule has 1 heterocycles. The van der Waals surface area contributed by atoms with Gasteiger partial charge in [0.15, 0.2) is 0 Å². The molecule has 0 atom stereocenters. The van der Waals surface area contributed by atoms with Gasteiger partial charge in [-0.15, -0.1) is 0 Å². The number of likely N-dealkylation sites (tertiary alicyclic amines) is 1. The van der Waals surface area contributed by atoms with Crippen LogP contribution >= 0.6 is 0 Å². The zero-order chi connectivity index (χ0) is 11.6. The minimum Gasteiger partial charge on any atom is -0.352 e. The molecule has 0 aromatic rings. The van der Waals surface area contributed by atoms with E-state index in [0.717, 1.165) is 51.6 Å². The van der Waals surface area contributed by atoms with Crippen LogP contribution in [0.15, 0.2) is 0 Å². The van der Waals surface area contributed by atoms with Crippen LogP contribution in [0.5, 0.6) is 0 Å². The highest BCUT2D eigenvalue weighted by Crippen LogP contribution is 2.27. The lowest BCUT2D eigenvalue weighted by Crippen LogP contribution is -2.55. The molecule has 1 saturated heterocycles. The van der Waals surface area contributed by atoms with Crippen LogP contribution in [0.4, 0.5) is 0 Å². The van der Waals surface area contributed by atoms with Crippen LogP contribution in [0.2, 0.25) is 0 Å². The van der Waals surface area contributed by atoms with Gasteiger partial charge in [-0.2, -0.15) is 0 Å². The van der Waals surface area contributed by atoms with Crippen molar-refractivity contribution in [2.75, 3.05) is 20.1 Å². The highest BCUT2D eigenvalue weighted by molar-refractivity contribution is 5.86. The quantitative estimate of drug-likeness (QED) is 0.718. The van der Waals surface area contributed by atoms with Crippen LogP contribution in [0.25, 0.3) is 0 Å². The number of amides is 1. The Bertz CT molecular complexity index is 253. The minimum atomic E-state index is -0.566. The third kappa shape index (κ3) is 2.55. The lowest BCUT2D eigenvalue weighted by atomic mass is 9.96. The lowest BCUT2D eigenvalue weighted by Gasteiger charge is -2.32. The smallest absolute Gasteiger partial charge is 0.240 e. The Labute approximate surface area is 97.6 Å². The van der Waals surface area contributed by atoms with Gasteiger partial charge < -0.3 is 16.0 Å². The van der Waals surface area contributed by atoms with Gasteiger partial charge in [-0.25, -0.2) is 0 Å². The van der Waals surface area contributed by atoms with Crippen LogP contribution in [0, 0.1) is 0 Å². The first kappa shape index (κ1) is 11.9. The molecule has 0 spiro atoms. The van der Waals surface area contributed by atoms with E-state index in [2.05, 4.69) is 17.3 Å². The summed E-state index contributed by atoms with van der Waals surface area (Å²) in [6.07, 6.45) is 6.00. The largest absolute Gasteiger partial charge is 0.352 e. The molecule has 0 radical (unpaired) electrons. The maximum atomic E-state index is 12.1.